The average molecular weight is 513 g/mol. The van der Waals surface area contributed by atoms with E-state index >= 15 is 0 Å². The molecular weight excluding hydrogens is 475 g/mol. The van der Waals surface area contributed by atoms with Gasteiger partial charge in [0.05, 0.1) is 32.0 Å². The second-order valence-corrected chi connectivity index (χ2v) is 10.4. The van der Waals surface area contributed by atoms with Crippen molar-refractivity contribution in [2.24, 2.45) is 0 Å². The predicted octanol–water partition coefficient (Wildman–Crippen LogP) is 5.36. The van der Waals surface area contributed by atoms with Gasteiger partial charge in [0.2, 0.25) is 0 Å². The molecule has 0 radical (unpaired) electrons. The van der Waals surface area contributed by atoms with Gasteiger partial charge in [-0.2, -0.15) is 0 Å². The summed E-state index contributed by atoms with van der Waals surface area (Å²) in [6, 6.07) is 28.9. The van der Waals surface area contributed by atoms with Gasteiger partial charge in [-0.3, -0.25) is 9.84 Å². The van der Waals surface area contributed by atoms with Crippen LogP contribution in [0.4, 0.5) is 0 Å². The lowest BCUT2D eigenvalue weighted by atomic mass is 9.77. The standard InChI is InChI=1S/C28H37N2O5P/c1-23(2)35-36(31,33-4)30-20-22-34-21-19-29-28(24-11-7-5-8-12-24,25-13-9-6-10-14-25)26-15-17-27(32-3)18-16-26/h5-18,23,29H,19-22H2,1-4H3,(H,30,31). The largest absolute Gasteiger partial charge is 0.497 e. The molecule has 0 bridgehead atoms. The van der Waals surface area contributed by atoms with Gasteiger partial charge in [-0.25, -0.2) is 9.65 Å². The molecule has 3 rings (SSSR count). The molecule has 36 heavy (non-hydrogen) atoms. The van der Waals surface area contributed by atoms with Gasteiger partial charge in [0, 0.05) is 20.2 Å². The SMILES string of the molecule is COc1ccc(C(NCCOCCNP(=O)(OC)OC(C)C)(c2ccccc2)c2ccccc2)cc1. The molecule has 0 amide bonds. The van der Waals surface area contributed by atoms with E-state index in [-0.39, 0.29) is 6.10 Å². The smallest absolute Gasteiger partial charge is 0.405 e. The maximum atomic E-state index is 12.5. The van der Waals surface area contributed by atoms with Crippen LogP contribution in [-0.2, 0) is 23.9 Å². The van der Waals surface area contributed by atoms with Crippen molar-refractivity contribution in [1.29, 1.82) is 0 Å². The normalized spacial score (nSPS) is 13.5. The van der Waals surface area contributed by atoms with E-state index in [4.69, 9.17) is 18.5 Å². The third-order valence-electron chi connectivity index (χ3n) is 5.71. The first-order chi connectivity index (χ1) is 17.4. The van der Waals surface area contributed by atoms with Crippen LogP contribution in [0.5, 0.6) is 5.75 Å². The number of nitrogens with one attached hydrogen (secondary N) is 2. The topological polar surface area (TPSA) is 78.0 Å². The van der Waals surface area contributed by atoms with E-state index in [9.17, 15) is 4.57 Å². The molecule has 3 aromatic carbocycles. The van der Waals surface area contributed by atoms with Crippen molar-refractivity contribution in [2.75, 3.05) is 40.5 Å². The number of benzene rings is 3. The van der Waals surface area contributed by atoms with Crippen molar-refractivity contribution in [3.63, 3.8) is 0 Å². The van der Waals surface area contributed by atoms with Crippen LogP contribution in [-0.4, -0.2) is 46.6 Å². The molecule has 194 valence electrons. The first-order valence-corrected chi connectivity index (χ1v) is 13.7. The summed E-state index contributed by atoms with van der Waals surface area (Å²) in [6.07, 6.45) is -0.213. The fourth-order valence-electron chi connectivity index (χ4n) is 4.11. The van der Waals surface area contributed by atoms with Gasteiger partial charge >= 0.3 is 7.75 Å². The Morgan fingerprint density at radius 2 is 1.31 bits per heavy atom. The summed E-state index contributed by atoms with van der Waals surface area (Å²) in [7, 11) is -0.285. The van der Waals surface area contributed by atoms with Gasteiger partial charge in [0.1, 0.15) is 5.75 Å². The van der Waals surface area contributed by atoms with Crippen molar-refractivity contribution in [2.45, 2.75) is 25.5 Å². The summed E-state index contributed by atoms with van der Waals surface area (Å²) in [6.45, 7) is 5.37. The zero-order chi connectivity index (χ0) is 25.9. The molecule has 0 saturated heterocycles. The highest BCUT2D eigenvalue weighted by Crippen LogP contribution is 2.43. The Balaban J connectivity index is 1.75. The van der Waals surface area contributed by atoms with Crippen LogP contribution >= 0.6 is 7.75 Å². The quantitative estimate of drug-likeness (QED) is 0.161. The summed E-state index contributed by atoms with van der Waals surface area (Å²) < 4.78 is 34.1. The van der Waals surface area contributed by atoms with Gasteiger partial charge < -0.3 is 14.0 Å². The van der Waals surface area contributed by atoms with Crippen LogP contribution in [0.15, 0.2) is 84.9 Å². The van der Waals surface area contributed by atoms with Crippen molar-refractivity contribution < 1.29 is 23.1 Å². The molecule has 0 aliphatic carbocycles. The third kappa shape index (κ3) is 7.26. The molecule has 0 saturated carbocycles. The van der Waals surface area contributed by atoms with E-state index in [1.54, 1.807) is 7.11 Å². The van der Waals surface area contributed by atoms with E-state index in [1.807, 2.05) is 62.4 Å². The van der Waals surface area contributed by atoms with E-state index in [1.165, 1.54) is 7.11 Å². The first kappa shape index (κ1) is 28.1. The molecule has 0 fully saturated rings. The molecule has 7 nitrogen and oxygen atoms in total. The lowest BCUT2D eigenvalue weighted by molar-refractivity contribution is 0.131. The monoisotopic (exact) mass is 512 g/mol. The van der Waals surface area contributed by atoms with Gasteiger partial charge in [0.25, 0.3) is 0 Å². The molecule has 3 aromatic rings. The van der Waals surface area contributed by atoms with Crippen LogP contribution in [0, 0.1) is 0 Å². The maximum Gasteiger partial charge on any atom is 0.405 e. The van der Waals surface area contributed by atoms with Crippen LogP contribution in [0.1, 0.15) is 30.5 Å². The number of ether oxygens (including phenoxy) is 2. The lowest BCUT2D eigenvalue weighted by Crippen LogP contribution is -2.46. The minimum Gasteiger partial charge on any atom is -0.497 e. The number of methoxy groups -OCH3 is 1. The summed E-state index contributed by atoms with van der Waals surface area (Å²) >= 11 is 0. The van der Waals surface area contributed by atoms with Crippen LogP contribution in [0.25, 0.3) is 0 Å². The van der Waals surface area contributed by atoms with Crippen LogP contribution < -0.4 is 15.1 Å². The van der Waals surface area contributed by atoms with Crippen LogP contribution in [0.3, 0.4) is 0 Å². The Kier molecular flexibility index (Phi) is 10.7. The minimum atomic E-state index is -3.32. The molecule has 0 aliphatic rings. The molecule has 0 aromatic heterocycles. The average Bonchev–Trinajstić information content (AvgIpc) is 2.91. The van der Waals surface area contributed by atoms with E-state index in [0.29, 0.717) is 26.3 Å². The van der Waals surface area contributed by atoms with E-state index in [0.717, 1.165) is 22.4 Å². The molecule has 2 N–H and O–H groups in total. The van der Waals surface area contributed by atoms with Crippen molar-refractivity contribution in [3.05, 3.63) is 102 Å². The van der Waals surface area contributed by atoms with Crippen molar-refractivity contribution >= 4 is 7.75 Å². The highest BCUT2D eigenvalue weighted by atomic mass is 31.2. The second kappa shape index (κ2) is 13.7. The second-order valence-electron chi connectivity index (χ2n) is 8.49. The summed E-state index contributed by atoms with van der Waals surface area (Å²) in [5.41, 5.74) is 2.74. The predicted molar refractivity (Wildman–Crippen MR) is 143 cm³/mol. The van der Waals surface area contributed by atoms with Gasteiger partial charge in [-0.15, -0.1) is 0 Å². The molecule has 0 spiro atoms. The third-order valence-corrected chi connectivity index (χ3v) is 7.51. The maximum absolute atomic E-state index is 12.5. The highest BCUT2D eigenvalue weighted by molar-refractivity contribution is 7.51. The van der Waals surface area contributed by atoms with E-state index in [2.05, 4.69) is 46.8 Å². The zero-order valence-corrected chi connectivity index (χ0v) is 22.4. The van der Waals surface area contributed by atoms with Crippen LogP contribution in [0.2, 0.25) is 0 Å². The lowest BCUT2D eigenvalue weighted by Gasteiger charge is -2.37. The molecular formula is C28H37N2O5P. The fourth-order valence-corrected chi connectivity index (χ4v) is 5.32. The molecule has 0 aliphatic heterocycles. The Bertz CT molecular complexity index is 1040. The Labute approximate surface area is 214 Å². The number of hydrogen-bond donors (Lipinski definition) is 2. The molecule has 0 heterocycles. The molecule has 1 unspecified atom stereocenters. The summed E-state index contributed by atoms with van der Waals surface area (Å²) in [5, 5.41) is 6.60. The fraction of sp³-hybridized carbons (Fsp3) is 0.357. The minimum absolute atomic E-state index is 0.213. The van der Waals surface area contributed by atoms with Gasteiger partial charge in [0.15, 0.2) is 0 Å². The van der Waals surface area contributed by atoms with Gasteiger partial charge in [-0.05, 0) is 42.7 Å². The Hall–Kier alpha value is -2.51. The Morgan fingerprint density at radius 1 is 0.778 bits per heavy atom. The highest BCUT2D eigenvalue weighted by Gasteiger charge is 2.35. The van der Waals surface area contributed by atoms with Crippen molar-refractivity contribution in [3.8, 4) is 5.75 Å². The first-order valence-electron chi connectivity index (χ1n) is 12.1. The summed E-state index contributed by atoms with van der Waals surface area (Å²) in [5.74, 6) is 0.805. The number of hydrogen-bond acceptors (Lipinski definition) is 6. The molecule has 8 heteroatoms. The molecule has 1 atom stereocenters. The Morgan fingerprint density at radius 3 is 1.81 bits per heavy atom. The van der Waals surface area contributed by atoms with E-state index < -0.39 is 13.3 Å². The number of rotatable bonds is 15. The zero-order valence-electron chi connectivity index (χ0n) is 21.5. The van der Waals surface area contributed by atoms with Gasteiger partial charge in [-0.1, -0.05) is 72.8 Å². The van der Waals surface area contributed by atoms with Crippen molar-refractivity contribution in [1.82, 2.24) is 10.4 Å². The summed E-state index contributed by atoms with van der Waals surface area (Å²) in [4.78, 5) is 0.